The molecule has 1 aliphatic heterocycles. The smallest absolute Gasteiger partial charge is 0.122 e. The Bertz CT molecular complexity index is 694. The molecular formula is C20H24BrNO3. The molecule has 0 saturated carbocycles. The molecule has 5 heteroatoms. The Morgan fingerprint density at radius 2 is 2.12 bits per heavy atom. The van der Waals surface area contributed by atoms with Gasteiger partial charge in [0.15, 0.2) is 0 Å². The Labute approximate surface area is 157 Å². The van der Waals surface area contributed by atoms with Gasteiger partial charge >= 0.3 is 0 Å². The van der Waals surface area contributed by atoms with Crippen LogP contribution in [0.1, 0.15) is 17.2 Å². The zero-order valence-corrected chi connectivity index (χ0v) is 16.0. The number of β-amino-alcohol motifs (C(OH)–C–C–N with tert-alkyl or cyclic N) is 1. The summed E-state index contributed by atoms with van der Waals surface area (Å²) in [4.78, 5) is 2.24. The molecule has 1 N–H and O–H groups in total. The van der Waals surface area contributed by atoms with Crippen molar-refractivity contribution in [2.45, 2.75) is 19.1 Å². The number of aliphatic hydroxyl groups excluding tert-OH is 1. The van der Waals surface area contributed by atoms with Crippen LogP contribution in [0.3, 0.4) is 0 Å². The van der Waals surface area contributed by atoms with Gasteiger partial charge in [-0.2, -0.15) is 0 Å². The Morgan fingerprint density at radius 3 is 2.92 bits per heavy atom. The minimum absolute atomic E-state index is 0.0377. The Morgan fingerprint density at radius 1 is 1.28 bits per heavy atom. The molecule has 25 heavy (non-hydrogen) atoms. The summed E-state index contributed by atoms with van der Waals surface area (Å²) in [6, 6.07) is 16.1. The van der Waals surface area contributed by atoms with E-state index in [4.69, 9.17) is 9.47 Å². The van der Waals surface area contributed by atoms with Crippen molar-refractivity contribution < 1.29 is 14.6 Å². The standard InChI is InChI=1S/C20H24BrNO3/c1-15-5-2-3-8-19(15)25-14-18(23)12-22-9-10-24-20(13-22)16-6-4-7-17(21)11-16/h2-8,11,18,20,23H,9-10,12-14H2,1H3. The Balaban J connectivity index is 1.51. The fourth-order valence-corrected chi connectivity index (χ4v) is 3.45. The van der Waals surface area contributed by atoms with Crippen molar-refractivity contribution in [3.63, 3.8) is 0 Å². The predicted molar refractivity (Wildman–Crippen MR) is 102 cm³/mol. The maximum atomic E-state index is 10.3. The molecule has 1 aliphatic rings. The van der Waals surface area contributed by atoms with E-state index in [1.54, 1.807) is 0 Å². The topological polar surface area (TPSA) is 41.9 Å². The van der Waals surface area contributed by atoms with Gasteiger partial charge in [0.2, 0.25) is 0 Å². The average Bonchev–Trinajstić information content (AvgIpc) is 2.61. The van der Waals surface area contributed by atoms with Gasteiger partial charge in [0.25, 0.3) is 0 Å². The van der Waals surface area contributed by atoms with Gasteiger partial charge in [0.05, 0.1) is 12.7 Å². The van der Waals surface area contributed by atoms with Gasteiger partial charge in [0.1, 0.15) is 18.5 Å². The van der Waals surface area contributed by atoms with Crippen molar-refractivity contribution in [2.75, 3.05) is 32.8 Å². The molecule has 2 unspecified atom stereocenters. The Hall–Kier alpha value is -1.40. The van der Waals surface area contributed by atoms with E-state index < -0.39 is 6.10 Å². The van der Waals surface area contributed by atoms with Gasteiger partial charge in [-0.15, -0.1) is 0 Å². The molecule has 0 amide bonds. The van der Waals surface area contributed by atoms with Crippen molar-refractivity contribution in [3.8, 4) is 5.75 Å². The third-order valence-electron chi connectivity index (χ3n) is 4.36. The van der Waals surface area contributed by atoms with Crippen LogP contribution in [0.15, 0.2) is 53.0 Å². The number of aliphatic hydroxyl groups is 1. The lowest BCUT2D eigenvalue weighted by molar-refractivity contribution is -0.0459. The predicted octanol–water partition coefficient (Wildman–Crippen LogP) is 3.57. The number of hydrogen-bond donors (Lipinski definition) is 1. The van der Waals surface area contributed by atoms with Crippen LogP contribution >= 0.6 is 15.9 Å². The SMILES string of the molecule is Cc1ccccc1OCC(O)CN1CCOC(c2cccc(Br)c2)C1. The lowest BCUT2D eigenvalue weighted by Crippen LogP contribution is -2.43. The number of rotatable bonds is 6. The van der Waals surface area contributed by atoms with E-state index in [-0.39, 0.29) is 6.10 Å². The second-order valence-electron chi connectivity index (χ2n) is 6.40. The van der Waals surface area contributed by atoms with Crippen molar-refractivity contribution in [1.82, 2.24) is 4.90 Å². The number of halogens is 1. The highest BCUT2D eigenvalue weighted by Gasteiger charge is 2.24. The summed E-state index contributed by atoms with van der Waals surface area (Å²) in [5.74, 6) is 0.829. The van der Waals surface area contributed by atoms with E-state index >= 15 is 0 Å². The van der Waals surface area contributed by atoms with Gasteiger partial charge in [-0.1, -0.05) is 46.3 Å². The van der Waals surface area contributed by atoms with E-state index in [9.17, 15) is 5.11 Å². The first-order chi connectivity index (χ1) is 12.1. The van der Waals surface area contributed by atoms with Crippen LogP contribution in [0.4, 0.5) is 0 Å². The molecule has 134 valence electrons. The largest absolute Gasteiger partial charge is 0.491 e. The zero-order chi connectivity index (χ0) is 17.6. The maximum absolute atomic E-state index is 10.3. The third-order valence-corrected chi connectivity index (χ3v) is 4.86. The van der Waals surface area contributed by atoms with Gasteiger partial charge in [-0.05, 0) is 36.2 Å². The average molecular weight is 406 g/mol. The van der Waals surface area contributed by atoms with Crippen LogP contribution in [0.5, 0.6) is 5.75 Å². The van der Waals surface area contributed by atoms with Gasteiger partial charge < -0.3 is 14.6 Å². The number of benzene rings is 2. The van der Waals surface area contributed by atoms with Crippen molar-refractivity contribution in [2.24, 2.45) is 0 Å². The third kappa shape index (κ3) is 5.28. The molecule has 0 spiro atoms. The zero-order valence-electron chi connectivity index (χ0n) is 14.4. The summed E-state index contributed by atoms with van der Waals surface area (Å²) in [5.41, 5.74) is 2.24. The lowest BCUT2D eigenvalue weighted by atomic mass is 10.1. The monoisotopic (exact) mass is 405 g/mol. The first-order valence-corrected chi connectivity index (χ1v) is 9.37. The number of morpholine rings is 1. The minimum atomic E-state index is -0.527. The summed E-state index contributed by atoms with van der Waals surface area (Å²) in [7, 11) is 0. The second kappa shape index (κ2) is 8.81. The van der Waals surface area contributed by atoms with Gasteiger partial charge in [-0.25, -0.2) is 0 Å². The molecular weight excluding hydrogens is 382 g/mol. The van der Waals surface area contributed by atoms with Crippen LogP contribution in [0, 0.1) is 6.92 Å². The fourth-order valence-electron chi connectivity index (χ4n) is 3.03. The van der Waals surface area contributed by atoms with E-state index in [0.717, 1.165) is 34.4 Å². The summed E-state index contributed by atoms with van der Waals surface area (Å²) < 4.78 is 12.7. The molecule has 3 rings (SSSR count). The fraction of sp³-hybridized carbons (Fsp3) is 0.400. The number of aryl methyl sites for hydroxylation is 1. The molecule has 4 nitrogen and oxygen atoms in total. The summed E-state index contributed by atoms with van der Waals surface area (Å²) >= 11 is 3.51. The number of hydrogen-bond acceptors (Lipinski definition) is 4. The van der Waals surface area contributed by atoms with E-state index in [1.165, 1.54) is 0 Å². The minimum Gasteiger partial charge on any atom is -0.491 e. The number of para-hydroxylation sites is 1. The molecule has 0 bridgehead atoms. The van der Waals surface area contributed by atoms with Crippen molar-refractivity contribution in [3.05, 3.63) is 64.1 Å². The normalized spacial score (nSPS) is 19.6. The highest BCUT2D eigenvalue weighted by Crippen LogP contribution is 2.25. The summed E-state index contributed by atoms with van der Waals surface area (Å²) in [6.07, 6.45) is -0.489. The molecule has 1 fully saturated rings. The van der Waals surface area contributed by atoms with E-state index in [0.29, 0.717) is 19.8 Å². The van der Waals surface area contributed by atoms with Gasteiger partial charge in [0, 0.05) is 24.1 Å². The molecule has 0 aliphatic carbocycles. The molecule has 1 saturated heterocycles. The Kier molecular flexibility index (Phi) is 6.48. The highest BCUT2D eigenvalue weighted by atomic mass is 79.9. The summed E-state index contributed by atoms with van der Waals surface area (Å²) in [5, 5.41) is 10.3. The first-order valence-electron chi connectivity index (χ1n) is 8.58. The van der Waals surface area contributed by atoms with Crippen LogP contribution in [-0.4, -0.2) is 49.0 Å². The quantitative estimate of drug-likeness (QED) is 0.797. The molecule has 2 aromatic carbocycles. The van der Waals surface area contributed by atoms with Crippen molar-refractivity contribution in [1.29, 1.82) is 0 Å². The molecule has 2 aromatic rings. The maximum Gasteiger partial charge on any atom is 0.122 e. The second-order valence-corrected chi connectivity index (χ2v) is 7.32. The lowest BCUT2D eigenvalue weighted by Gasteiger charge is -2.34. The molecule has 0 radical (unpaired) electrons. The van der Waals surface area contributed by atoms with Crippen LogP contribution in [0.2, 0.25) is 0 Å². The molecule has 1 heterocycles. The molecule has 2 atom stereocenters. The summed E-state index contributed by atoms with van der Waals surface area (Å²) in [6.45, 7) is 5.15. The number of nitrogens with zero attached hydrogens (tertiary/aromatic N) is 1. The highest BCUT2D eigenvalue weighted by molar-refractivity contribution is 9.10. The van der Waals surface area contributed by atoms with Crippen molar-refractivity contribution >= 4 is 15.9 Å². The van der Waals surface area contributed by atoms with E-state index in [1.807, 2.05) is 43.3 Å². The number of ether oxygens (including phenoxy) is 2. The van der Waals surface area contributed by atoms with Crippen LogP contribution in [0.25, 0.3) is 0 Å². The van der Waals surface area contributed by atoms with Crippen LogP contribution in [-0.2, 0) is 4.74 Å². The molecule has 0 aromatic heterocycles. The van der Waals surface area contributed by atoms with Crippen LogP contribution < -0.4 is 4.74 Å². The van der Waals surface area contributed by atoms with Gasteiger partial charge in [-0.3, -0.25) is 4.90 Å². The van der Waals surface area contributed by atoms with E-state index in [2.05, 4.69) is 33.0 Å². The first kappa shape index (κ1) is 18.4.